The van der Waals surface area contributed by atoms with E-state index >= 15 is 0 Å². The molecule has 0 bridgehead atoms. The first kappa shape index (κ1) is 14.0. The van der Waals surface area contributed by atoms with Crippen LogP contribution < -0.4 is 0 Å². The lowest BCUT2D eigenvalue weighted by atomic mass is 9.75. The van der Waals surface area contributed by atoms with Crippen LogP contribution in [0.15, 0.2) is 11.6 Å². The van der Waals surface area contributed by atoms with Crippen molar-refractivity contribution in [2.24, 2.45) is 17.8 Å². The van der Waals surface area contributed by atoms with Crippen molar-refractivity contribution < 1.29 is 9.90 Å². The molecule has 2 atom stereocenters. The van der Waals surface area contributed by atoms with Crippen LogP contribution in [0.3, 0.4) is 0 Å². The van der Waals surface area contributed by atoms with Gasteiger partial charge in [-0.05, 0) is 11.8 Å². The minimum absolute atomic E-state index is 0.182. The molecule has 1 aromatic heterocycles. The number of rotatable bonds is 4. The number of carboxylic acid groups (broad SMARTS) is 1. The van der Waals surface area contributed by atoms with E-state index in [2.05, 4.69) is 9.88 Å². The first-order valence-corrected chi connectivity index (χ1v) is 8.45. The average molecular weight is 294 g/mol. The Morgan fingerprint density at radius 1 is 1.35 bits per heavy atom. The maximum Gasteiger partial charge on any atom is 0.308 e. The highest BCUT2D eigenvalue weighted by Gasteiger charge is 2.41. The zero-order chi connectivity index (χ0) is 13.9. The zero-order valence-electron chi connectivity index (χ0n) is 11.7. The Kier molecular flexibility index (Phi) is 4.36. The molecule has 1 N–H and O–H groups in total. The van der Waals surface area contributed by atoms with E-state index in [9.17, 15) is 9.90 Å². The summed E-state index contributed by atoms with van der Waals surface area (Å²) < 4.78 is 0. The first-order valence-electron chi connectivity index (χ1n) is 7.57. The van der Waals surface area contributed by atoms with E-state index in [0.29, 0.717) is 18.4 Å². The molecule has 2 fully saturated rings. The molecule has 0 radical (unpaired) electrons. The molecular formula is C15H22N2O2S. The molecule has 5 heteroatoms. The van der Waals surface area contributed by atoms with Crippen molar-refractivity contribution in [3.8, 4) is 0 Å². The topological polar surface area (TPSA) is 53.4 Å². The molecule has 1 saturated carbocycles. The predicted molar refractivity (Wildman–Crippen MR) is 78.6 cm³/mol. The first-order chi connectivity index (χ1) is 9.74. The minimum Gasteiger partial charge on any atom is -0.481 e. The second-order valence-electron chi connectivity index (χ2n) is 6.13. The van der Waals surface area contributed by atoms with Gasteiger partial charge in [0.05, 0.1) is 12.5 Å². The van der Waals surface area contributed by atoms with Crippen molar-refractivity contribution in [3.63, 3.8) is 0 Å². The van der Waals surface area contributed by atoms with E-state index in [0.717, 1.165) is 18.1 Å². The van der Waals surface area contributed by atoms with Crippen LogP contribution in [0.5, 0.6) is 0 Å². The number of likely N-dealkylation sites (tertiary alicyclic amines) is 1. The van der Waals surface area contributed by atoms with Gasteiger partial charge in [0, 0.05) is 24.7 Å². The second-order valence-corrected chi connectivity index (χ2v) is 7.11. The normalized spacial score (nSPS) is 28.8. The summed E-state index contributed by atoms with van der Waals surface area (Å²) in [5, 5.41) is 12.6. The molecule has 0 unspecified atom stereocenters. The monoisotopic (exact) mass is 294 g/mol. The molecule has 20 heavy (non-hydrogen) atoms. The highest BCUT2D eigenvalue weighted by Crippen LogP contribution is 2.38. The Hall–Kier alpha value is -0.940. The summed E-state index contributed by atoms with van der Waals surface area (Å²) >= 11 is 1.66. The molecule has 1 aromatic rings. The average Bonchev–Trinajstić information content (AvgIpc) is 3.10. The standard InChI is InChI=1S/C15H22N2O2S/c18-15(19)13-9-17(10-14-16-6-7-20-14)8-12(13)11-4-2-1-3-5-11/h6-7,11-13H,1-5,8-10H2,(H,18,19)/t12-,13+/m0/s1. The van der Waals surface area contributed by atoms with Crippen molar-refractivity contribution >= 4 is 17.3 Å². The third kappa shape index (κ3) is 3.04. The molecule has 110 valence electrons. The fourth-order valence-electron chi connectivity index (χ4n) is 3.87. The quantitative estimate of drug-likeness (QED) is 0.927. The summed E-state index contributed by atoms with van der Waals surface area (Å²) in [4.78, 5) is 18.2. The molecule has 2 heterocycles. The van der Waals surface area contributed by atoms with Gasteiger partial charge in [0.1, 0.15) is 5.01 Å². The van der Waals surface area contributed by atoms with E-state index in [1.54, 1.807) is 11.3 Å². The number of thiazole rings is 1. The molecule has 1 aliphatic heterocycles. The summed E-state index contributed by atoms with van der Waals surface area (Å²) in [5.74, 6) is 0.166. The fourth-order valence-corrected chi connectivity index (χ4v) is 4.52. The molecule has 3 rings (SSSR count). The predicted octanol–water partition coefficient (Wildman–Crippen LogP) is 2.86. The van der Waals surface area contributed by atoms with Gasteiger partial charge in [0.15, 0.2) is 0 Å². The Bertz CT molecular complexity index is 443. The number of nitrogens with zero attached hydrogens (tertiary/aromatic N) is 2. The largest absolute Gasteiger partial charge is 0.481 e. The second kappa shape index (κ2) is 6.22. The molecule has 0 amide bonds. The summed E-state index contributed by atoms with van der Waals surface area (Å²) in [6, 6.07) is 0. The lowest BCUT2D eigenvalue weighted by Crippen LogP contribution is -2.29. The van der Waals surface area contributed by atoms with Crippen LogP contribution in [-0.4, -0.2) is 34.0 Å². The van der Waals surface area contributed by atoms with E-state index in [4.69, 9.17) is 0 Å². The third-order valence-corrected chi connectivity index (χ3v) is 5.62. The molecule has 1 saturated heterocycles. The molecule has 1 aliphatic carbocycles. The van der Waals surface area contributed by atoms with Gasteiger partial charge in [-0.1, -0.05) is 32.1 Å². The van der Waals surface area contributed by atoms with E-state index in [-0.39, 0.29) is 5.92 Å². The van der Waals surface area contributed by atoms with Crippen molar-refractivity contribution in [3.05, 3.63) is 16.6 Å². The molecule has 0 spiro atoms. The molecule has 2 aliphatic rings. The Morgan fingerprint density at radius 3 is 2.80 bits per heavy atom. The van der Waals surface area contributed by atoms with E-state index in [1.807, 2.05) is 11.6 Å². The molecule has 4 nitrogen and oxygen atoms in total. The number of aliphatic carboxylic acids is 1. The van der Waals surface area contributed by atoms with Gasteiger partial charge in [-0.3, -0.25) is 9.69 Å². The van der Waals surface area contributed by atoms with E-state index < -0.39 is 5.97 Å². The fraction of sp³-hybridized carbons (Fsp3) is 0.733. The van der Waals surface area contributed by atoms with Crippen LogP contribution in [0.1, 0.15) is 37.1 Å². The van der Waals surface area contributed by atoms with Gasteiger partial charge in [0.2, 0.25) is 0 Å². The van der Waals surface area contributed by atoms with Gasteiger partial charge < -0.3 is 5.11 Å². The summed E-state index contributed by atoms with van der Waals surface area (Å²) in [5.41, 5.74) is 0. The summed E-state index contributed by atoms with van der Waals surface area (Å²) in [7, 11) is 0. The number of aromatic nitrogens is 1. The van der Waals surface area contributed by atoms with Crippen LogP contribution in [0.2, 0.25) is 0 Å². The lowest BCUT2D eigenvalue weighted by Gasteiger charge is -2.29. The Morgan fingerprint density at radius 2 is 2.15 bits per heavy atom. The highest BCUT2D eigenvalue weighted by molar-refractivity contribution is 7.09. The number of carboxylic acids is 1. The third-order valence-electron chi connectivity index (χ3n) is 4.86. The summed E-state index contributed by atoms with van der Waals surface area (Å²) in [6.07, 6.45) is 8.15. The SMILES string of the molecule is O=C(O)[C@@H]1CN(Cc2nccs2)C[C@H]1C1CCCCC1. The number of hydrogen-bond donors (Lipinski definition) is 1. The van der Waals surface area contributed by atoms with Gasteiger partial charge >= 0.3 is 5.97 Å². The Labute approximate surface area is 123 Å². The van der Waals surface area contributed by atoms with Crippen LogP contribution in [0, 0.1) is 17.8 Å². The summed E-state index contributed by atoms with van der Waals surface area (Å²) in [6.45, 7) is 2.43. The maximum absolute atomic E-state index is 11.6. The van der Waals surface area contributed by atoms with Crippen LogP contribution in [0.4, 0.5) is 0 Å². The van der Waals surface area contributed by atoms with Crippen LogP contribution in [0.25, 0.3) is 0 Å². The van der Waals surface area contributed by atoms with Crippen molar-refractivity contribution in [2.75, 3.05) is 13.1 Å². The maximum atomic E-state index is 11.6. The zero-order valence-corrected chi connectivity index (χ0v) is 12.5. The Balaban J connectivity index is 1.66. The van der Waals surface area contributed by atoms with E-state index in [1.165, 1.54) is 32.1 Å². The van der Waals surface area contributed by atoms with Gasteiger partial charge in [0.25, 0.3) is 0 Å². The number of hydrogen-bond acceptors (Lipinski definition) is 4. The van der Waals surface area contributed by atoms with Crippen LogP contribution in [-0.2, 0) is 11.3 Å². The lowest BCUT2D eigenvalue weighted by molar-refractivity contribution is -0.143. The van der Waals surface area contributed by atoms with Crippen molar-refractivity contribution in [1.82, 2.24) is 9.88 Å². The van der Waals surface area contributed by atoms with Gasteiger partial charge in [-0.2, -0.15) is 0 Å². The van der Waals surface area contributed by atoms with Crippen LogP contribution >= 0.6 is 11.3 Å². The minimum atomic E-state index is -0.609. The molecule has 0 aromatic carbocycles. The molecular weight excluding hydrogens is 272 g/mol. The highest BCUT2D eigenvalue weighted by atomic mass is 32.1. The van der Waals surface area contributed by atoms with Crippen molar-refractivity contribution in [2.45, 2.75) is 38.6 Å². The number of carbonyl (C=O) groups is 1. The van der Waals surface area contributed by atoms with Gasteiger partial charge in [-0.15, -0.1) is 11.3 Å². The van der Waals surface area contributed by atoms with Gasteiger partial charge in [-0.25, -0.2) is 4.98 Å². The smallest absolute Gasteiger partial charge is 0.308 e. The van der Waals surface area contributed by atoms with Crippen molar-refractivity contribution in [1.29, 1.82) is 0 Å².